The normalized spacial score (nSPS) is 13.7. The van der Waals surface area contributed by atoms with Gasteiger partial charge in [0.2, 0.25) is 5.91 Å². The van der Waals surface area contributed by atoms with Gasteiger partial charge in [0, 0.05) is 24.2 Å². The van der Waals surface area contributed by atoms with Crippen molar-refractivity contribution >= 4 is 17.5 Å². The van der Waals surface area contributed by atoms with Gasteiger partial charge in [-0.15, -0.1) is 0 Å². The summed E-state index contributed by atoms with van der Waals surface area (Å²) in [5.41, 5.74) is 1.21. The molecule has 2 amide bonds. The standard InChI is InChI=1S/C18H20N2O3/c1-12-6-9-16(23-12)11-20(2)18(22)14-4-3-5-15(10-14)19-17(21)13-7-8-13/h3-6,9-10,13H,7-8,11H2,1-2H3,(H,19,21). The van der Waals surface area contributed by atoms with Crippen molar-refractivity contribution in [1.82, 2.24) is 4.90 Å². The molecule has 1 aliphatic carbocycles. The number of nitrogens with one attached hydrogen (secondary N) is 1. The highest BCUT2D eigenvalue weighted by Crippen LogP contribution is 2.30. The van der Waals surface area contributed by atoms with E-state index in [0.717, 1.165) is 24.4 Å². The van der Waals surface area contributed by atoms with E-state index in [1.165, 1.54) is 0 Å². The number of amides is 2. The number of hydrogen-bond acceptors (Lipinski definition) is 3. The molecule has 0 saturated heterocycles. The zero-order valence-electron chi connectivity index (χ0n) is 13.3. The van der Waals surface area contributed by atoms with Crippen LogP contribution in [0, 0.1) is 12.8 Å². The highest BCUT2D eigenvalue weighted by Gasteiger charge is 2.29. The molecule has 1 N–H and O–H groups in total. The number of furan rings is 1. The van der Waals surface area contributed by atoms with Crippen LogP contribution in [0.25, 0.3) is 0 Å². The van der Waals surface area contributed by atoms with Gasteiger partial charge >= 0.3 is 0 Å². The number of rotatable bonds is 5. The lowest BCUT2D eigenvalue weighted by molar-refractivity contribution is -0.117. The second-order valence-corrected chi connectivity index (χ2v) is 6.02. The zero-order valence-corrected chi connectivity index (χ0v) is 13.3. The lowest BCUT2D eigenvalue weighted by Crippen LogP contribution is -2.26. The summed E-state index contributed by atoms with van der Waals surface area (Å²) < 4.78 is 5.50. The van der Waals surface area contributed by atoms with E-state index in [1.54, 1.807) is 36.2 Å². The molecule has 1 heterocycles. The lowest BCUT2D eigenvalue weighted by atomic mass is 10.1. The summed E-state index contributed by atoms with van der Waals surface area (Å²) in [6.07, 6.45) is 1.91. The van der Waals surface area contributed by atoms with Gasteiger partial charge in [-0.3, -0.25) is 9.59 Å². The maximum Gasteiger partial charge on any atom is 0.254 e. The molecule has 5 heteroatoms. The number of anilines is 1. The van der Waals surface area contributed by atoms with Gasteiger partial charge in [0.1, 0.15) is 11.5 Å². The average molecular weight is 312 g/mol. The molecule has 1 aromatic heterocycles. The largest absolute Gasteiger partial charge is 0.464 e. The maximum absolute atomic E-state index is 12.5. The predicted octanol–water partition coefficient (Wildman–Crippen LogP) is 3.21. The first-order valence-electron chi connectivity index (χ1n) is 7.74. The highest BCUT2D eigenvalue weighted by atomic mass is 16.3. The van der Waals surface area contributed by atoms with Gasteiger partial charge in [0.25, 0.3) is 5.91 Å². The average Bonchev–Trinajstić information content (AvgIpc) is 3.30. The molecule has 0 atom stereocenters. The Morgan fingerprint density at radius 2 is 2.04 bits per heavy atom. The van der Waals surface area contributed by atoms with Gasteiger partial charge in [0.15, 0.2) is 0 Å². The molecular formula is C18H20N2O3. The first-order chi connectivity index (χ1) is 11.0. The van der Waals surface area contributed by atoms with Crippen LogP contribution in [0.2, 0.25) is 0 Å². The third-order valence-electron chi connectivity index (χ3n) is 3.86. The molecule has 0 radical (unpaired) electrons. The molecular weight excluding hydrogens is 292 g/mol. The van der Waals surface area contributed by atoms with Crippen LogP contribution in [0.4, 0.5) is 5.69 Å². The first-order valence-corrected chi connectivity index (χ1v) is 7.74. The molecule has 1 fully saturated rings. The number of aryl methyl sites for hydroxylation is 1. The fourth-order valence-corrected chi connectivity index (χ4v) is 2.42. The quantitative estimate of drug-likeness (QED) is 0.922. The Morgan fingerprint density at radius 3 is 2.70 bits per heavy atom. The minimum absolute atomic E-state index is 0.0361. The number of carbonyl (C=O) groups excluding carboxylic acids is 2. The van der Waals surface area contributed by atoms with Crippen molar-refractivity contribution in [2.45, 2.75) is 26.3 Å². The van der Waals surface area contributed by atoms with Crippen LogP contribution in [0.3, 0.4) is 0 Å². The summed E-state index contributed by atoms with van der Waals surface area (Å²) in [6, 6.07) is 10.8. The summed E-state index contributed by atoms with van der Waals surface area (Å²) in [7, 11) is 1.73. The third kappa shape index (κ3) is 3.80. The van der Waals surface area contributed by atoms with Gasteiger partial charge in [0.05, 0.1) is 6.54 Å². The van der Waals surface area contributed by atoms with Crippen LogP contribution in [0.1, 0.15) is 34.7 Å². The topological polar surface area (TPSA) is 62.6 Å². The van der Waals surface area contributed by atoms with Gasteiger partial charge < -0.3 is 14.6 Å². The first kappa shape index (κ1) is 15.3. The van der Waals surface area contributed by atoms with Gasteiger partial charge in [-0.25, -0.2) is 0 Å². The molecule has 1 aliphatic rings. The summed E-state index contributed by atoms with van der Waals surface area (Å²) in [4.78, 5) is 25.9. The van der Waals surface area contributed by atoms with Crippen molar-refractivity contribution in [3.05, 3.63) is 53.5 Å². The van der Waals surface area contributed by atoms with Gasteiger partial charge in [-0.2, -0.15) is 0 Å². The Hall–Kier alpha value is -2.56. The minimum atomic E-state index is -0.110. The molecule has 1 aromatic carbocycles. The van der Waals surface area contributed by atoms with Crippen molar-refractivity contribution in [2.24, 2.45) is 5.92 Å². The Kier molecular flexibility index (Phi) is 4.19. The monoisotopic (exact) mass is 312 g/mol. The summed E-state index contributed by atoms with van der Waals surface area (Å²) >= 11 is 0. The van der Waals surface area contributed by atoms with E-state index in [2.05, 4.69) is 5.32 Å². The van der Waals surface area contributed by atoms with E-state index < -0.39 is 0 Å². The molecule has 0 unspecified atom stereocenters. The Balaban J connectivity index is 1.67. The number of carbonyl (C=O) groups is 2. The SMILES string of the molecule is Cc1ccc(CN(C)C(=O)c2cccc(NC(=O)C3CC3)c2)o1. The summed E-state index contributed by atoms with van der Waals surface area (Å²) in [6.45, 7) is 2.28. The van der Waals surface area contributed by atoms with Crippen LogP contribution >= 0.6 is 0 Å². The van der Waals surface area contributed by atoms with E-state index in [9.17, 15) is 9.59 Å². The van der Waals surface area contributed by atoms with Crippen molar-refractivity contribution in [1.29, 1.82) is 0 Å². The smallest absolute Gasteiger partial charge is 0.254 e. The highest BCUT2D eigenvalue weighted by molar-refractivity contribution is 5.98. The number of benzene rings is 1. The fraction of sp³-hybridized carbons (Fsp3) is 0.333. The van der Waals surface area contributed by atoms with E-state index in [4.69, 9.17) is 4.42 Å². The Morgan fingerprint density at radius 1 is 1.26 bits per heavy atom. The van der Waals surface area contributed by atoms with Crippen molar-refractivity contribution in [2.75, 3.05) is 12.4 Å². The van der Waals surface area contributed by atoms with Crippen molar-refractivity contribution in [3.8, 4) is 0 Å². The molecule has 120 valence electrons. The number of nitrogens with zero attached hydrogens (tertiary/aromatic N) is 1. The maximum atomic E-state index is 12.5. The van der Waals surface area contributed by atoms with Crippen LogP contribution in [-0.2, 0) is 11.3 Å². The van der Waals surface area contributed by atoms with E-state index in [0.29, 0.717) is 17.8 Å². The second kappa shape index (κ2) is 6.28. The predicted molar refractivity (Wildman–Crippen MR) is 87.0 cm³/mol. The molecule has 1 saturated carbocycles. The second-order valence-electron chi connectivity index (χ2n) is 6.02. The molecule has 2 aromatic rings. The Bertz CT molecular complexity index is 731. The van der Waals surface area contributed by atoms with Gasteiger partial charge in [-0.1, -0.05) is 6.07 Å². The number of hydrogen-bond donors (Lipinski definition) is 1. The van der Waals surface area contributed by atoms with Crippen LogP contribution in [0.15, 0.2) is 40.8 Å². The van der Waals surface area contributed by atoms with Gasteiger partial charge in [-0.05, 0) is 50.1 Å². The summed E-state index contributed by atoms with van der Waals surface area (Å²) in [5, 5.41) is 2.86. The van der Waals surface area contributed by atoms with E-state index in [-0.39, 0.29) is 17.7 Å². The summed E-state index contributed by atoms with van der Waals surface area (Å²) in [5.74, 6) is 1.64. The fourth-order valence-electron chi connectivity index (χ4n) is 2.42. The third-order valence-corrected chi connectivity index (χ3v) is 3.86. The lowest BCUT2D eigenvalue weighted by Gasteiger charge is -2.16. The molecule has 3 rings (SSSR count). The molecule has 23 heavy (non-hydrogen) atoms. The van der Waals surface area contributed by atoms with Crippen molar-refractivity contribution in [3.63, 3.8) is 0 Å². The molecule has 0 spiro atoms. The molecule has 0 bridgehead atoms. The van der Waals surface area contributed by atoms with E-state index in [1.807, 2.05) is 19.1 Å². The van der Waals surface area contributed by atoms with Crippen molar-refractivity contribution < 1.29 is 14.0 Å². The Labute approximate surface area is 135 Å². The minimum Gasteiger partial charge on any atom is -0.464 e. The molecule has 0 aliphatic heterocycles. The molecule has 5 nitrogen and oxygen atoms in total. The zero-order chi connectivity index (χ0) is 16.4. The van der Waals surface area contributed by atoms with Crippen LogP contribution < -0.4 is 5.32 Å². The van der Waals surface area contributed by atoms with Crippen LogP contribution in [0.5, 0.6) is 0 Å². The van der Waals surface area contributed by atoms with Crippen LogP contribution in [-0.4, -0.2) is 23.8 Å². The van der Waals surface area contributed by atoms with E-state index >= 15 is 0 Å².